The molecule has 4 rings (SSSR count). The Morgan fingerprint density at radius 3 is 2.93 bits per heavy atom. The third-order valence-electron chi connectivity index (χ3n) is 4.44. The van der Waals surface area contributed by atoms with Gasteiger partial charge < -0.3 is 10.2 Å². The highest BCUT2D eigenvalue weighted by Crippen LogP contribution is 2.37. The fraction of sp³-hybridized carbons (Fsp3) is 0.222. The number of likely N-dealkylation sites (tertiary alicyclic amines) is 1. The van der Waals surface area contributed by atoms with Gasteiger partial charge in [0.15, 0.2) is 5.82 Å². The van der Waals surface area contributed by atoms with E-state index in [4.69, 9.17) is 0 Å². The van der Waals surface area contributed by atoms with Crippen LogP contribution in [0.2, 0.25) is 0 Å². The van der Waals surface area contributed by atoms with Crippen molar-refractivity contribution in [2.75, 3.05) is 11.9 Å². The van der Waals surface area contributed by atoms with Crippen LogP contribution in [0.3, 0.4) is 0 Å². The molecule has 1 fully saturated rings. The molecule has 1 atom stereocenters. The quantitative estimate of drug-likeness (QED) is 0.721. The molecule has 1 aliphatic rings. The maximum absolute atomic E-state index is 13.9. The van der Waals surface area contributed by atoms with Crippen molar-refractivity contribution in [2.24, 2.45) is 0 Å². The number of hydrogen-bond donors (Lipinski definition) is 2. The van der Waals surface area contributed by atoms with E-state index in [0.29, 0.717) is 17.2 Å². The molecule has 2 N–H and O–H groups in total. The fourth-order valence-electron chi connectivity index (χ4n) is 3.17. The lowest BCUT2D eigenvalue weighted by Crippen LogP contribution is -2.30. The molecular formula is C18H16FN5O2S. The smallest absolute Gasteiger partial charge is 0.266 e. The summed E-state index contributed by atoms with van der Waals surface area (Å²) >= 11 is 1.33. The highest BCUT2D eigenvalue weighted by Gasteiger charge is 2.33. The summed E-state index contributed by atoms with van der Waals surface area (Å²) in [4.78, 5) is 31.9. The highest BCUT2D eigenvalue weighted by atomic mass is 32.1. The number of anilines is 1. The van der Waals surface area contributed by atoms with Gasteiger partial charge in [-0.1, -0.05) is 0 Å². The maximum atomic E-state index is 13.9. The van der Waals surface area contributed by atoms with E-state index in [9.17, 15) is 14.0 Å². The van der Waals surface area contributed by atoms with E-state index in [1.165, 1.54) is 23.6 Å². The summed E-state index contributed by atoms with van der Waals surface area (Å²) in [6, 6.07) is 6.48. The van der Waals surface area contributed by atoms with Crippen LogP contribution < -0.4 is 5.32 Å². The summed E-state index contributed by atoms with van der Waals surface area (Å²) in [7, 11) is 0. The third kappa shape index (κ3) is 3.45. The molecule has 3 aromatic rings. The molecule has 138 valence electrons. The summed E-state index contributed by atoms with van der Waals surface area (Å²) in [5.74, 6) is -0.708. The Hall–Kier alpha value is -3.07. The molecule has 3 aromatic heterocycles. The maximum Gasteiger partial charge on any atom is 0.266 e. The van der Waals surface area contributed by atoms with E-state index in [0.717, 1.165) is 23.9 Å². The number of carbonyl (C=O) groups is 2. The van der Waals surface area contributed by atoms with Gasteiger partial charge in [0.05, 0.1) is 28.9 Å². The van der Waals surface area contributed by atoms with Gasteiger partial charge in [0, 0.05) is 23.7 Å². The Morgan fingerprint density at radius 1 is 1.26 bits per heavy atom. The Balaban J connectivity index is 1.53. The summed E-state index contributed by atoms with van der Waals surface area (Å²) in [6.45, 7) is 0.554. The zero-order valence-electron chi connectivity index (χ0n) is 14.2. The van der Waals surface area contributed by atoms with Crippen LogP contribution in [0.5, 0.6) is 0 Å². The summed E-state index contributed by atoms with van der Waals surface area (Å²) in [5.41, 5.74) is 0.0191. The van der Waals surface area contributed by atoms with Crippen molar-refractivity contribution in [3.8, 4) is 0 Å². The lowest BCUT2D eigenvalue weighted by atomic mass is 10.1. The molecule has 4 heterocycles. The van der Waals surface area contributed by atoms with E-state index in [2.05, 4.69) is 20.5 Å². The Labute approximate surface area is 158 Å². The first-order valence-corrected chi connectivity index (χ1v) is 9.26. The monoisotopic (exact) mass is 385 g/mol. The van der Waals surface area contributed by atoms with Crippen molar-refractivity contribution in [1.82, 2.24) is 20.1 Å². The first kappa shape index (κ1) is 17.3. The predicted octanol–water partition coefficient (Wildman–Crippen LogP) is 3.23. The number of aromatic nitrogens is 3. The van der Waals surface area contributed by atoms with Crippen LogP contribution in [-0.2, 0) is 0 Å². The minimum atomic E-state index is -0.626. The normalized spacial score (nSPS) is 16.5. The number of H-pyrrole nitrogens is 1. The molecule has 1 aliphatic heterocycles. The van der Waals surface area contributed by atoms with Crippen molar-refractivity contribution in [1.29, 1.82) is 0 Å². The van der Waals surface area contributed by atoms with Crippen LogP contribution in [-0.4, -0.2) is 38.4 Å². The van der Waals surface area contributed by atoms with E-state index < -0.39 is 5.82 Å². The SMILES string of the molecule is O=C(Nc1ccn[nH]1)c1ccc(C2CCCN2C(=O)c2ccncc2F)s1. The molecule has 27 heavy (non-hydrogen) atoms. The Bertz CT molecular complexity index is 972. The number of rotatable bonds is 4. The van der Waals surface area contributed by atoms with Crippen LogP contribution in [0.1, 0.15) is 43.8 Å². The van der Waals surface area contributed by atoms with Crippen molar-refractivity contribution >= 4 is 29.0 Å². The Kier molecular flexibility index (Phi) is 4.68. The third-order valence-corrected chi connectivity index (χ3v) is 5.63. The Morgan fingerprint density at radius 2 is 2.15 bits per heavy atom. The molecule has 0 bridgehead atoms. The van der Waals surface area contributed by atoms with Gasteiger partial charge in [-0.2, -0.15) is 5.10 Å². The van der Waals surface area contributed by atoms with Crippen LogP contribution >= 0.6 is 11.3 Å². The average Bonchev–Trinajstić information content (AvgIpc) is 3.41. The number of nitrogens with one attached hydrogen (secondary N) is 2. The molecule has 0 spiro atoms. The van der Waals surface area contributed by atoms with Gasteiger partial charge in [-0.3, -0.25) is 19.7 Å². The molecule has 7 nitrogen and oxygen atoms in total. The largest absolute Gasteiger partial charge is 0.331 e. The van der Waals surface area contributed by atoms with E-state index in [1.54, 1.807) is 23.2 Å². The van der Waals surface area contributed by atoms with E-state index in [1.807, 2.05) is 6.07 Å². The molecule has 0 radical (unpaired) electrons. The number of pyridine rings is 1. The number of hydrogen-bond acceptors (Lipinski definition) is 5. The number of amides is 2. The number of aromatic amines is 1. The lowest BCUT2D eigenvalue weighted by Gasteiger charge is -2.24. The summed E-state index contributed by atoms with van der Waals surface area (Å²) < 4.78 is 13.9. The van der Waals surface area contributed by atoms with Crippen molar-refractivity contribution in [3.05, 3.63) is 64.0 Å². The second kappa shape index (κ2) is 7.28. The van der Waals surface area contributed by atoms with Crippen LogP contribution in [0, 0.1) is 5.82 Å². The lowest BCUT2D eigenvalue weighted by molar-refractivity contribution is 0.0732. The van der Waals surface area contributed by atoms with Gasteiger partial charge in [-0.25, -0.2) is 4.39 Å². The number of carbonyl (C=O) groups excluding carboxylic acids is 2. The molecule has 2 amide bonds. The number of nitrogens with zero attached hydrogens (tertiary/aromatic N) is 3. The molecule has 9 heteroatoms. The van der Waals surface area contributed by atoms with Crippen LogP contribution in [0.25, 0.3) is 0 Å². The van der Waals surface area contributed by atoms with Gasteiger partial charge >= 0.3 is 0 Å². The van der Waals surface area contributed by atoms with Crippen molar-refractivity contribution in [3.63, 3.8) is 0 Å². The van der Waals surface area contributed by atoms with E-state index in [-0.39, 0.29) is 23.4 Å². The standard InChI is InChI=1S/C18H16FN5O2S/c19-12-10-20-7-5-11(12)18(26)24-9-1-2-13(24)14-3-4-15(27-14)17(25)22-16-6-8-21-23-16/h3-8,10,13H,1-2,9H2,(H2,21,22,23,25). The highest BCUT2D eigenvalue weighted by molar-refractivity contribution is 7.14. The molecule has 1 saturated heterocycles. The second-order valence-corrected chi connectivity index (χ2v) is 7.25. The van der Waals surface area contributed by atoms with Gasteiger partial charge in [-0.05, 0) is 31.0 Å². The minimum absolute atomic E-state index is 0.0191. The first-order valence-electron chi connectivity index (χ1n) is 8.44. The molecule has 0 aromatic carbocycles. The second-order valence-electron chi connectivity index (χ2n) is 6.14. The molecule has 0 saturated carbocycles. The van der Waals surface area contributed by atoms with Gasteiger partial charge in [0.1, 0.15) is 5.82 Å². The fourth-order valence-corrected chi connectivity index (χ4v) is 4.22. The van der Waals surface area contributed by atoms with Crippen molar-refractivity contribution in [2.45, 2.75) is 18.9 Å². The van der Waals surface area contributed by atoms with Gasteiger partial charge in [0.2, 0.25) is 0 Å². The summed E-state index contributed by atoms with van der Waals surface area (Å²) in [6.07, 6.45) is 5.61. The molecular weight excluding hydrogens is 369 g/mol. The zero-order chi connectivity index (χ0) is 18.8. The van der Waals surface area contributed by atoms with Crippen LogP contribution in [0.4, 0.5) is 10.2 Å². The molecule has 1 unspecified atom stereocenters. The van der Waals surface area contributed by atoms with Gasteiger partial charge in [0.25, 0.3) is 11.8 Å². The minimum Gasteiger partial charge on any atom is -0.331 e. The molecule has 0 aliphatic carbocycles. The number of thiophene rings is 1. The van der Waals surface area contributed by atoms with E-state index >= 15 is 0 Å². The predicted molar refractivity (Wildman–Crippen MR) is 98.1 cm³/mol. The first-order chi connectivity index (χ1) is 13.1. The average molecular weight is 385 g/mol. The number of halogens is 1. The summed E-state index contributed by atoms with van der Waals surface area (Å²) in [5, 5.41) is 9.19. The van der Waals surface area contributed by atoms with Crippen molar-refractivity contribution < 1.29 is 14.0 Å². The zero-order valence-corrected chi connectivity index (χ0v) is 15.0. The van der Waals surface area contributed by atoms with Crippen LogP contribution in [0.15, 0.2) is 42.9 Å². The van der Waals surface area contributed by atoms with Gasteiger partial charge in [-0.15, -0.1) is 11.3 Å². The topological polar surface area (TPSA) is 91.0 Å².